The summed E-state index contributed by atoms with van der Waals surface area (Å²) in [5.41, 5.74) is 2.18. The van der Waals surface area contributed by atoms with Crippen LogP contribution in [0.5, 0.6) is 0 Å². The van der Waals surface area contributed by atoms with Gasteiger partial charge in [-0.15, -0.1) is 0 Å². The minimum absolute atomic E-state index is 0.217. The van der Waals surface area contributed by atoms with Crippen LogP contribution in [-0.2, 0) is 22.9 Å². The predicted octanol–water partition coefficient (Wildman–Crippen LogP) is 1.72. The van der Waals surface area contributed by atoms with E-state index in [1.54, 1.807) is 6.20 Å². The molecule has 0 saturated heterocycles. The lowest BCUT2D eigenvalue weighted by atomic mass is 10.2. The Balaban J connectivity index is 1.77. The summed E-state index contributed by atoms with van der Waals surface area (Å²) in [6.45, 7) is 1.54. The topological polar surface area (TPSA) is 64.0 Å². The lowest BCUT2D eigenvalue weighted by Gasteiger charge is -2.03. The van der Waals surface area contributed by atoms with Gasteiger partial charge in [-0.3, -0.25) is 0 Å². The number of hydrogen-bond acceptors (Lipinski definition) is 4. The number of rotatable bonds is 7. The molecule has 6 heteroatoms. The Labute approximate surface area is 125 Å². The Bertz CT molecular complexity index is 732. The number of nitrogens with zero attached hydrogens (tertiary/aromatic N) is 2. The van der Waals surface area contributed by atoms with Gasteiger partial charge < -0.3 is 9.88 Å². The lowest BCUT2D eigenvalue weighted by Crippen LogP contribution is -2.15. The molecule has 0 aromatic carbocycles. The van der Waals surface area contributed by atoms with Crippen molar-refractivity contribution in [2.45, 2.75) is 38.4 Å². The highest BCUT2D eigenvalue weighted by Gasteiger charge is 2.21. The van der Waals surface area contributed by atoms with Crippen LogP contribution in [0.3, 0.4) is 0 Å². The highest BCUT2D eigenvalue weighted by atomic mass is 32.2. The van der Waals surface area contributed by atoms with Crippen molar-refractivity contribution in [1.29, 1.82) is 0 Å². The lowest BCUT2D eigenvalue weighted by molar-refractivity contribution is 0.593. The first-order valence-corrected chi connectivity index (χ1v) is 9.43. The van der Waals surface area contributed by atoms with Crippen LogP contribution < -0.4 is 5.32 Å². The molecule has 2 aromatic heterocycles. The van der Waals surface area contributed by atoms with Gasteiger partial charge in [0.2, 0.25) is 0 Å². The minimum atomic E-state index is -2.90. The van der Waals surface area contributed by atoms with Gasteiger partial charge in [-0.25, -0.2) is 13.4 Å². The maximum absolute atomic E-state index is 11.2. The smallest absolute Gasteiger partial charge is 0.147 e. The molecule has 5 nitrogen and oxygen atoms in total. The Kier molecular flexibility index (Phi) is 3.99. The molecule has 2 heterocycles. The van der Waals surface area contributed by atoms with Gasteiger partial charge in [0.25, 0.3) is 0 Å². The molecule has 1 N–H and O–H groups in total. The molecule has 1 aliphatic carbocycles. The van der Waals surface area contributed by atoms with Gasteiger partial charge in [-0.2, -0.15) is 0 Å². The van der Waals surface area contributed by atoms with E-state index in [1.165, 1.54) is 24.7 Å². The molecule has 114 valence electrons. The third-order valence-corrected chi connectivity index (χ3v) is 4.82. The van der Waals surface area contributed by atoms with Gasteiger partial charge in [-0.05, 0) is 37.0 Å². The van der Waals surface area contributed by atoms with Crippen molar-refractivity contribution in [1.82, 2.24) is 14.9 Å². The number of pyridine rings is 1. The standard InChI is InChI=1S/C15H21N3O2S/c1-21(19,20)9-3-8-18-11-12(10-17-13-5-6-13)14-4-2-7-16-15(14)18/h2,4,7,11,13,17H,3,5-6,8-10H2,1H3. The molecule has 0 bridgehead atoms. The Morgan fingerprint density at radius 1 is 1.43 bits per heavy atom. The quantitative estimate of drug-likeness (QED) is 0.846. The van der Waals surface area contributed by atoms with Crippen molar-refractivity contribution < 1.29 is 8.42 Å². The number of hydrogen-bond donors (Lipinski definition) is 1. The van der Waals surface area contributed by atoms with Crippen molar-refractivity contribution in [3.63, 3.8) is 0 Å². The van der Waals surface area contributed by atoms with Gasteiger partial charge in [0, 0.05) is 43.2 Å². The summed E-state index contributed by atoms with van der Waals surface area (Å²) in [5.74, 6) is 0.217. The summed E-state index contributed by atoms with van der Waals surface area (Å²) in [5, 5.41) is 4.68. The molecule has 1 aliphatic rings. The van der Waals surface area contributed by atoms with Crippen molar-refractivity contribution in [2.24, 2.45) is 0 Å². The molecule has 1 fully saturated rings. The van der Waals surface area contributed by atoms with Crippen LogP contribution in [0.25, 0.3) is 11.0 Å². The first-order chi connectivity index (χ1) is 10.0. The Morgan fingerprint density at radius 3 is 2.95 bits per heavy atom. The van der Waals surface area contributed by atoms with E-state index in [-0.39, 0.29) is 5.75 Å². The van der Waals surface area contributed by atoms with E-state index in [4.69, 9.17) is 0 Å². The van der Waals surface area contributed by atoms with Gasteiger partial charge in [-0.1, -0.05) is 0 Å². The van der Waals surface area contributed by atoms with Crippen molar-refractivity contribution >= 4 is 20.9 Å². The molecule has 0 amide bonds. The molecule has 0 radical (unpaired) electrons. The third-order valence-electron chi connectivity index (χ3n) is 3.79. The molecule has 2 aromatic rings. The second-order valence-corrected chi connectivity index (χ2v) is 8.12. The number of nitrogens with one attached hydrogen (secondary N) is 1. The molecule has 3 rings (SSSR count). The van der Waals surface area contributed by atoms with E-state index in [9.17, 15) is 8.42 Å². The first-order valence-electron chi connectivity index (χ1n) is 7.37. The highest BCUT2D eigenvalue weighted by Crippen LogP contribution is 2.23. The third kappa shape index (κ3) is 3.83. The van der Waals surface area contributed by atoms with Crippen LogP contribution in [0.4, 0.5) is 0 Å². The Morgan fingerprint density at radius 2 is 2.24 bits per heavy atom. The van der Waals surface area contributed by atoms with Gasteiger partial charge >= 0.3 is 0 Å². The summed E-state index contributed by atoms with van der Waals surface area (Å²) in [4.78, 5) is 4.45. The summed E-state index contributed by atoms with van der Waals surface area (Å²) >= 11 is 0. The van der Waals surface area contributed by atoms with E-state index in [0.29, 0.717) is 19.0 Å². The zero-order valence-corrected chi connectivity index (χ0v) is 13.1. The molecule has 0 atom stereocenters. The summed E-state index contributed by atoms with van der Waals surface area (Å²) in [6.07, 6.45) is 8.33. The SMILES string of the molecule is CS(=O)(=O)CCCn1cc(CNC2CC2)c2cccnc21. The van der Waals surface area contributed by atoms with E-state index < -0.39 is 9.84 Å². The van der Waals surface area contributed by atoms with Crippen molar-refractivity contribution in [2.75, 3.05) is 12.0 Å². The average Bonchev–Trinajstić information content (AvgIpc) is 3.19. The summed E-state index contributed by atoms with van der Waals surface area (Å²) < 4.78 is 24.6. The van der Waals surface area contributed by atoms with Crippen LogP contribution in [0.15, 0.2) is 24.5 Å². The van der Waals surface area contributed by atoms with Crippen LogP contribution >= 0.6 is 0 Å². The number of aryl methyl sites for hydroxylation is 1. The molecular formula is C15H21N3O2S. The van der Waals surface area contributed by atoms with Crippen LogP contribution in [0.1, 0.15) is 24.8 Å². The molecular weight excluding hydrogens is 286 g/mol. The van der Waals surface area contributed by atoms with E-state index in [2.05, 4.69) is 27.1 Å². The van der Waals surface area contributed by atoms with Crippen LogP contribution in [0.2, 0.25) is 0 Å². The van der Waals surface area contributed by atoms with E-state index in [1.807, 2.05) is 6.07 Å². The molecule has 1 saturated carbocycles. The number of fused-ring (bicyclic) bond motifs is 1. The summed E-state index contributed by atoms with van der Waals surface area (Å²) in [6, 6.07) is 4.70. The maximum Gasteiger partial charge on any atom is 0.147 e. The van der Waals surface area contributed by atoms with Crippen molar-refractivity contribution in [3.8, 4) is 0 Å². The summed E-state index contributed by atoms with van der Waals surface area (Å²) in [7, 11) is -2.90. The highest BCUT2D eigenvalue weighted by molar-refractivity contribution is 7.90. The second kappa shape index (κ2) is 5.77. The van der Waals surface area contributed by atoms with Gasteiger partial charge in [0.05, 0.1) is 5.75 Å². The fourth-order valence-electron chi connectivity index (χ4n) is 2.55. The molecule has 0 aliphatic heterocycles. The van der Waals surface area contributed by atoms with Gasteiger partial charge in [0.1, 0.15) is 15.5 Å². The largest absolute Gasteiger partial charge is 0.332 e. The first kappa shape index (κ1) is 14.5. The van der Waals surface area contributed by atoms with E-state index in [0.717, 1.165) is 17.6 Å². The van der Waals surface area contributed by atoms with Crippen molar-refractivity contribution in [3.05, 3.63) is 30.1 Å². The number of sulfone groups is 1. The maximum atomic E-state index is 11.2. The predicted molar refractivity (Wildman–Crippen MR) is 83.9 cm³/mol. The monoisotopic (exact) mass is 307 g/mol. The average molecular weight is 307 g/mol. The molecule has 0 unspecified atom stereocenters. The minimum Gasteiger partial charge on any atom is -0.332 e. The van der Waals surface area contributed by atoms with Crippen LogP contribution in [-0.4, -0.2) is 36.0 Å². The Hall–Kier alpha value is -1.40. The second-order valence-electron chi connectivity index (χ2n) is 5.86. The number of aromatic nitrogens is 2. The zero-order valence-electron chi connectivity index (χ0n) is 12.2. The van der Waals surface area contributed by atoms with Crippen LogP contribution in [0, 0.1) is 0 Å². The molecule has 21 heavy (non-hydrogen) atoms. The zero-order chi connectivity index (χ0) is 14.9. The van der Waals surface area contributed by atoms with Gasteiger partial charge in [0.15, 0.2) is 0 Å². The van der Waals surface area contributed by atoms with E-state index >= 15 is 0 Å². The fraction of sp³-hybridized carbons (Fsp3) is 0.533. The fourth-order valence-corrected chi connectivity index (χ4v) is 3.20. The molecule has 0 spiro atoms. The normalized spacial score (nSPS) is 15.7.